The Morgan fingerprint density at radius 2 is 1.72 bits per heavy atom. The molecule has 2 fully saturated rings. The van der Waals surface area contributed by atoms with Crippen molar-refractivity contribution in [2.24, 2.45) is 5.41 Å². The van der Waals surface area contributed by atoms with Crippen LogP contribution in [0.15, 0.2) is 24.3 Å². The van der Waals surface area contributed by atoms with E-state index in [4.69, 9.17) is 0 Å². The van der Waals surface area contributed by atoms with E-state index in [0.717, 1.165) is 38.0 Å². The molecular weight excluding hydrogens is 314 g/mol. The Morgan fingerprint density at radius 3 is 2.32 bits per heavy atom. The van der Waals surface area contributed by atoms with Gasteiger partial charge in [0.2, 0.25) is 11.8 Å². The van der Waals surface area contributed by atoms with Crippen LogP contribution in [0.1, 0.15) is 51.9 Å². The van der Waals surface area contributed by atoms with Crippen molar-refractivity contribution in [1.29, 1.82) is 0 Å². The van der Waals surface area contributed by atoms with Crippen LogP contribution in [0.2, 0.25) is 0 Å². The van der Waals surface area contributed by atoms with Crippen LogP contribution < -0.4 is 15.5 Å². The zero-order valence-corrected chi connectivity index (χ0v) is 15.1. The average Bonchev–Trinajstić information content (AvgIpc) is 3.27. The van der Waals surface area contributed by atoms with Crippen LogP contribution in [-0.2, 0) is 9.59 Å². The monoisotopic (exact) mass is 343 g/mol. The summed E-state index contributed by atoms with van der Waals surface area (Å²) >= 11 is 0. The summed E-state index contributed by atoms with van der Waals surface area (Å²) in [6, 6.07) is 7.96. The minimum atomic E-state index is -0.847. The van der Waals surface area contributed by atoms with Gasteiger partial charge in [-0.3, -0.25) is 9.59 Å². The Balaban J connectivity index is 1.53. The molecule has 0 unspecified atom stereocenters. The Kier molecular flexibility index (Phi) is 5.61. The van der Waals surface area contributed by atoms with Crippen molar-refractivity contribution < 1.29 is 9.59 Å². The second kappa shape index (κ2) is 7.89. The number of benzene rings is 1. The zero-order valence-electron chi connectivity index (χ0n) is 15.1. The Labute approximate surface area is 150 Å². The normalized spacial score (nSPS) is 18.0. The number of hydrogen-bond donors (Lipinski definition) is 2. The molecule has 25 heavy (non-hydrogen) atoms. The second-order valence-corrected chi connectivity index (χ2v) is 7.24. The first-order chi connectivity index (χ1) is 12.2. The third kappa shape index (κ3) is 4.14. The third-order valence-corrected chi connectivity index (χ3v) is 5.28. The van der Waals surface area contributed by atoms with Crippen molar-refractivity contribution in [3.8, 4) is 0 Å². The number of nitrogens with one attached hydrogen (secondary N) is 2. The molecule has 5 nitrogen and oxygen atoms in total. The molecule has 0 radical (unpaired) electrons. The number of carbonyl (C=O) groups is 2. The van der Waals surface area contributed by atoms with Gasteiger partial charge >= 0.3 is 0 Å². The summed E-state index contributed by atoms with van der Waals surface area (Å²) in [5.41, 5.74) is 1.11. The highest BCUT2D eigenvalue weighted by Crippen LogP contribution is 2.46. The van der Waals surface area contributed by atoms with Crippen molar-refractivity contribution in [3.63, 3.8) is 0 Å². The molecular formula is C20H29N3O2. The molecule has 1 heterocycles. The van der Waals surface area contributed by atoms with E-state index in [9.17, 15) is 9.59 Å². The first-order valence-electron chi connectivity index (χ1n) is 9.60. The number of anilines is 2. The standard InChI is InChI=1S/C20H29N3O2/c1-2-3-4-13-21-18(24)20(11-12-20)19(25)22-16-7-9-17(10-8-16)23-14-5-6-15-23/h7-10H,2-6,11-15H2,1H3,(H,21,24)(H,22,25). The minimum absolute atomic E-state index is 0.116. The molecule has 1 saturated carbocycles. The fourth-order valence-electron chi connectivity index (χ4n) is 3.41. The molecule has 1 aliphatic heterocycles. The molecule has 136 valence electrons. The maximum Gasteiger partial charge on any atom is 0.240 e. The molecule has 1 saturated heterocycles. The maximum absolute atomic E-state index is 12.6. The van der Waals surface area contributed by atoms with E-state index >= 15 is 0 Å². The Bertz CT molecular complexity index is 602. The molecule has 0 bridgehead atoms. The highest BCUT2D eigenvalue weighted by molar-refractivity contribution is 6.13. The molecule has 0 aromatic heterocycles. The second-order valence-electron chi connectivity index (χ2n) is 7.24. The summed E-state index contributed by atoms with van der Waals surface area (Å²) in [6.07, 6.45) is 6.97. The summed E-state index contributed by atoms with van der Waals surface area (Å²) in [5, 5.41) is 5.85. The van der Waals surface area contributed by atoms with Crippen molar-refractivity contribution in [3.05, 3.63) is 24.3 Å². The number of amides is 2. The summed E-state index contributed by atoms with van der Waals surface area (Å²) in [7, 11) is 0. The van der Waals surface area contributed by atoms with E-state index in [2.05, 4.69) is 22.5 Å². The average molecular weight is 343 g/mol. The Hall–Kier alpha value is -2.04. The molecule has 3 rings (SSSR count). The van der Waals surface area contributed by atoms with E-state index in [0.29, 0.717) is 19.4 Å². The topological polar surface area (TPSA) is 61.4 Å². The number of carbonyl (C=O) groups excluding carboxylic acids is 2. The van der Waals surface area contributed by atoms with Gasteiger partial charge in [0.25, 0.3) is 0 Å². The van der Waals surface area contributed by atoms with Gasteiger partial charge < -0.3 is 15.5 Å². The lowest BCUT2D eigenvalue weighted by molar-refractivity contribution is -0.134. The number of hydrogen-bond acceptors (Lipinski definition) is 3. The molecule has 1 aromatic carbocycles. The summed E-state index contributed by atoms with van der Waals surface area (Å²) < 4.78 is 0. The van der Waals surface area contributed by atoms with Gasteiger partial charge in [-0.25, -0.2) is 0 Å². The van der Waals surface area contributed by atoms with Gasteiger partial charge in [0.1, 0.15) is 5.41 Å². The number of nitrogens with zero attached hydrogens (tertiary/aromatic N) is 1. The van der Waals surface area contributed by atoms with Crippen LogP contribution in [0, 0.1) is 5.41 Å². The summed E-state index contributed by atoms with van der Waals surface area (Å²) in [4.78, 5) is 27.3. The molecule has 1 aliphatic carbocycles. The number of rotatable bonds is 8. The van der Waals surface area contributed by atoms with Gasteiger partial charge in [-0.1, -0.05) is 19.8 Å². The molecule has 2 aliphatic rings. The van der Waals surface area contributed by atoms with E-state index in [1.165, 1.54) is 18.5 Å². The number of unbranched alkanes of at least 4 members (excludes halogenated alkanes) is 2. The van der Waals surface area contributed by atoms with Crippen LogP contribution in [0.3, 0.4) is 0 Å². The lowest BCUT2D eigenvalue weighted by Crippen LogP contribution is -2.40. The van der Waals surface area contributed by atoms with Crippen molar-refractivity contribution >= 4 is 23.2 Å². The first-order valence-corrected chi connectivity index (χ1v) is 9.60. The predicted molar refractivity (Wildman–Crippen MR) is 101 cm³/mol. The van der Waals surface area contributed by atoms with Crippen LogP contribution in [-0.4, -0.2) is 31.4 Å². The molecule has 2 N–H and O–H groups in total. The predicted octanol–water partition coefficient (Wildman–Crippen LogP) is 3.31. The van der Waals surface area contributed by atoms with E-state index in [1.807, 2.05) is 24.3 Å². The third-order valence-electron chi connectivity index (χ3n) is 5.28. The quantitative estimate of drug-likeness (QED) is 0.562. The molecule has 0 atom stereocenters. The fourth-order valence-corrected chi connectivity index (χ4v) is 3.41. The fraction of sp³-hybridized carbons (Fsp3) is 0.600. The zero-order chi connectivity index (χ0) is 17.7. The minimum Gasteiger partial charge on any atom is -0.372 e. The van der Waals surface area contributed by atoms with Crippen LogP contribution >= 0.6 is 0 Å². The van der Waals surface area contributed by atoms with Crippen LogP contribution in [0.4, 0.5) is 11.4 Å². The highest BCUT2D eigenvalue weighted by atomic mass is 16.2. The van der Waals surface area contributed by atoms with Gasteiger partial charge in [-0.05, 0) is 56.4 Å². The first kappa shape index (κ1) is 17.8. The lowest BCUT2D eigenvalue weighted by Gasteiger charge is -2.19. The van der Waals surface area contributed by atoms with Crippen LogP contribution in [0.25, 0.3) is 0 Å². The lowest BCUT2D eigenvalue weighted by atomic mass is 10.0. The van der Waals surface area contributed by atoms with Gasteiger partial charge in [0.15, 0.2) is 0 Å². The molecule has 1 aromatic rings. The molecule has 2 amide bonds. The van der Waals surface area contributed by atoms with Gasteiger partial charge in [0.05, 0.1) is 0 Å². The van der Waals surface area contributed by atoms with Crippen molar-refractivity contribution in [2.45, 2.75) is 51.9 Å². The largest absolute Gasteiger partial charge is 0.372 e. The summed E-state index contributed by atoms with van der Waals surface area (Å²) in [5.74, 6) is -0.288. The summed E-state index contributed by atoms with van der Waals surface area (Å²) in [6.45, 7) is 5.00. The van der Waals surface area contributed by atoms with Gasteiger partial charge in [-0.15, -0.1) is 0 Å². The van der Waals surface area contributed by atoms with E-state index in [1.54, 1.807) is 0 Å². The SMILES string of the molecule is CCCCCNC(=O)C1(C(=O)Nc2ccc(N3CCCC3)cc2)CC1. The Morgan fingerprint density at radius 1 is 1.04 bits per heavy atom. The van der Waals surface area contributed by atoms with Crippen LogP contribution in [0.5, 0.6) is 0 Å². The maximum atomic E-state index is 12.6. The van der Waals surface area contributed by atoms with Gasteiger partial charge in [-0.2, -0.15) is 0 Å². The molecule has 5 heteroatoms. The smallest absolute Gasteiger partial charge is 0.240 e. The highest BCUT2D eigenvalue weighted by Gasteiger charge is 2.56. The van der Waals surface area contributed by atoms with Gasteiger partial charge in [0, 0.05) is 31.0 Å². The molecule has 0 spiro atoms. The van der Waals surface area contributed by atoms with Crippen molar-refractivity contribution in [2.75, 3.05) is 29.9 Å². The van der Waals surface area contributed by atoms with Crippen molar-refractivity contribution in [1.82, 2.24) is 5.32 Å². The van der Waals surface area contributed by atoms with E-state index < -0.39 is 5.41 Å². The van der Waals surface area contributed by atoms with E-state index in [-0.39, 0.29) is 11.8 Å².